The third-order valence-electron chi connectivity index (χ3n) is 4.60. The molecule has 0 saturated carbocycles. The molecule has 130 valence electrons. The highest BCUT2D eigenvalue weighted by Gasteiger charge is 2.42. The minimum absolute atomic E-state index is 0.0826. The lowest BCUT2D eigenvalue weighted by molar-refractivity contribution is -0.144. The summed E-state index contributed by atoms with van der Waals surface area (Å²) in [5, 5.41) is 9.30. The van der Waals surface area contributed by atoms with Gasteiger partial charge in [-0.25, -0.2) is 4.79 Å². The minimum Gasteiger partial charge on any atom is -0.467 e. The number of nitrogens with one attached hydrogen (secondary N) is 2. The van der Waals surface area contributed by atoms with Gasteiger partial charge in [0.15, 0.2) is 5.84 Å². The van der Waals surface area contributed by atoms with Crippen LogP contribution in [0.5, 0.6) is 0 Å². The predicted octanol–water partition coefficient (Wildman–Crippen LogP) is 2.13. The van der Waals surface area contributed by atoms with Gasteiger partial charge in [-0.3, -0.25) is 20.1 Å². The van der Waals surface area contributed by atoms with Crippen molar-refractivity contribution in [3.8, 4) is 0 Å². The number of hydrogen-bond donors (Lipinski definition) is 2. The molecular weight excluding hydrogens is 332 g/mol. The topological polar surface area (TPSA) is 99.1 Å². The molecule has 1 aliphatic heterocycles. The highest BCUT2D eigenvalue weighted by atomic mass is 16.5. The van der Waals surface area contributed by atoms with Gasteiger partial charge in [0.2, 0.25) is 0 Å². The molecule has 0 radical (unpaired) electrons. The second-order valence-corrected chi connectivity index (χ2v) is 6.03. The minimum atomic E-state index is -0.937. The van der Waals surface area contributed by atoms with Gasteiger partial charge in [0, 0.05) is 29.7 Å². The molecular formula is C19H16N4O3. The number of amidine groups is 1. The number of carbonyl (C=O) groups is 2. The number of aromatic amines is 1. The highest BCUT2D eigenvalue weighted by molar-refractivity contribution is 6.22. The fourth-order valence-corrected chi connectivity index (χ4v) is 3.33. The zero-order chi connectivity index (χ0) is 18.3. The van der Waals surface area contributed by atoms with Crippen LogP contribution < -0.4 is 0 Å². The first-order valence-electron chi connectivity index (χ1n) is 8.12. The number of hydrogen-bond acceptors (Lipinski definition) is 5. The fraction of sp³-hybridized carbons (Fsp3) is 0.158. The first kappa shape index (κ1) is 16.0. The molecule has 1 atom stereocenters. The van der Waals surface area contributed by atoms with E-state index in [1.807, 2.05) is 30.5 Å². The van der Waals surface area contributed by atoms with Gasteiger partial charge in [0.1, 0.15) is 11.7 Å². The number of methoxy groups -OCH3 is 1. The van der Waals surface area contributed by atoms with Crippen LogP contribution in [-0.2, 0) is 16.0 Å². The number of aromatic nitrogens is 2. The lowest BCUT2D eigenvalue weighted by Crippen LogP contribution is -2.46. The Bertz CT molecular complexity index is 1000. The van der Waals surface area contributed by atoms with Crippen molar-refractivity contribution < 1.29 is 14.3 Å². The molecule has 0 fully saturated rings. The van der Waals surface area contributed by atoms with E-state index in [1.54, 1.807) is 12.1 Å². The van der Waals surface area contributed by atoms with Crippen LogP contribution in [0, 0.1) is 5.41 Å². The summed E-state index contributed by atoms with van der Waals surface area (Å²) in [4.78, 5) is 33.7. The molecule has 0 spiro atoms. The summed E-state index contributed by atoms with van der Waals surface area (Å²) < 4.78 is 4.92. The maximum atomic E-state index is 12.8. The SMILES string of the molecule is COC(=O)[C@H](Cc1c[nH]c2ccccc12)N1C(=N)c2ncccc2C1=O. The van der Waals surface area contributed by atoms with Gasteiger partial charge >= 0.3 is 5.97 Å². The molecule has 1 amide bonds. The van der Waals surface area contributed by atoms with Gasteiger partial charge in [-0.1, -0.05) is 18.2 Å². The molecule has 7 heteroatoms. The van der Waals surface area contributed by atoms with Crippen molar-refractivity contribution >= 4 is 28.6 Å². The Labute approximate surface area is 149 Å². The summed E-state index contributed by atoms with van der Waals surface area (Å²) in [5.74, 6) is -1.06. The second-order valence-electron chi connectivity index (χ2n) is 6.03. The molecule has 3 heterocycles. The third kappa shape index (κ3) is 2.36. The van der Waals surface area contributed by atoms with Gasteiger partial charge < -0.3 is 9.72 Å². The van der Waals surface area contributed by atoms with Crippen LogP contribution in [0.15, 0.2) is 48.8 Å². The van der Waals surface area contributed by atoms with Gasteiger partial charge in [0.25, 0.3) is 5.91 Å². The predicted molar refractivity (Wildman–Crippen MR) is 95.0 cm³/mol. The maximum Gasteiger partial charge on any atom is 0.329 e. The molecule has 7 nitrogen and oxygen atoms in total. The number of esters is 1. The van der Waals surface area contributed by atoms with Crippen molar-refractivity contribution in [1.82, 2.24) is 14.9 Å². The number of nitrogens with zero attached hydrogens (tertiary/aromatic N) is 2. The molecule has 1 aliphatic rings. The first-order chi connectivity index (χ1) is 12.6. The Kier molecular flexibility index (Phi) is 3.76. The smallest absolute Gasteiger partial charge is 0.329 e. The van der Waals surface area contributed by atoms with Gasteiger partial charge in [-0.2, -0.15) is 0 Å². The van der Waals surface area contributed by atoms with E-state index >= 15 is 0 Å². The van der Waals surface area contributed by atoms with Crippen molar-refractivity contribution in [2.45, 2.75) is 12.5 Å². The van der Waals surface area contributed by atoms with Crippen LogP contribution >= 0.6 is 0 Å². The molecule has 2 aromatic heterocycles. The number of pyridine rings is 1. The second kappa shape index (κ2) is 6.11. The molecule has 3 aromatic rings. The summed E-state index contributed by atoms with van der Waals surface area (Å²) in [7, 11) is 1.28. The molecule has 4 rings (SSSR count). The number of rotatable bonds is 4. The molecule has 0 saturated heterocycles. The fourth-order valence-electron chi connectivity index (χ4n) is 3.33. The number of para-hydroxylation sites is 1. The summed E-state index contributed by atoms with van der Waals surface area (Å²) in [5.41, 5.74) is 2.43. The third-order valence-corrected chi connectivity index (χ3v) is 4.60. The number of H-pyrrole nitrogens is 1. The Morgan fingerprint density at radius 1 is 1.31 bits per heavy atom. The Hall–Kier alpha value is -3.48. The first-order valence-corrected chi connectivity index (χ1v) is 8.12. The zero-order valence-corrected chi connectivity index (χ0v) is 14.0. The van der Waals surface area contributed by atoms with E-state index < -0.39 is 17.9 Å². The van der Waals surface area contributed by atoms with Crippen molar-refractivity contribution in [1.29, 1.82) is 5.41 Å². The molecule has 26 heavy (non-hydrogen) atoms. The molecule has 1 aromatic carbocycles. The van der Waals surface area contributed by atoms with Crippen molar-refractivity contribution in [2.24, 2.45) is 0 Å². The van der Waals surface area contributed by atoms with Crippen LogP contribution in [0.25, 0.3) is 10.9 Å². The van der Waals surface area contributed by atoms with E-state index in [9.17, 15) is 9.59 Å². The van der Waals surface area contributed by atoms with E-state index in [2.05, 4.69) is 9.97 Å². The maximum absolute atomic E-state index is 12.8. The van der Waals surface area contributed by atoms with Gasteiger partial charge in [0.05, 0.1) is 12.7 Å². The average Bonchev–Trinajstić information content (AvgIpc) is 3.19. The molecule has 0 bridgehead atoms. The van der Waals surface area contributed by atoms with E-state index in [1.165, 1.54) is 18.2 Å². The van der Waals surface area contributed by atoms with Gasteiger partial charge in [-0.15, -0.1) is 0 Å². The summed E-state index contributed by atoms with van der Waals surface area (Å²) in [6, 6.07) is 10.0. The van der Waals surface area contributed by atoms with E-state index in [-0.39, 0.29) is 18.0 Å². The van der Waals surface area contributed by atoms with Crippen LogP contribution in [0.3, 0.4) is 0 Å². The Morgan fingerprint density at radius 3 is 2.88 bits per heavy atom. The molecule has 0 aliphatic carbocycles. The quantitative estimate of drug-likeness (QED) is 0.706. The number of ether oxygens (including phenoxy) is 1. The summed E-state index contributed by atoms with van der Waals surface area (Å²) in [6.45, 7) is 0. The standard InChI is InChI=1S/C19H16N4O3/c1-26-19(25)15(9-11-10-22-14-7-3-2-5-12(11)14)23-17(20)16-13(18(23)24)6-4-8-21-16/h2-8,10,15,20,22H,9H2,1H3/t15-/m0/s1. The number of carbonyl (C=O) groups excluding carboxylic acids is 2. The van der Waals surface area contributed by atoms with Crippen molar-refractivity contribution in [3.63, 3.8) is 0 Å². The normalized spacial score (nSPS) is 14.6. The lowest BCUT2D eigenvalue weighted by atomic mass is 10.0. The number of fused-ring (bicyclic) bond motifs is 2. The summed E-state index contributed by atoms with van der Waals surface area (Å²) in [6.07, 6.45) is 3.58. The number of benzene rings is 1. The molecule has 0 unspecified atom stereocenters. The summed E-state index contributed by atoms with van der Waals surface area (Å²) >= 11 is 0. The molecule has 2 N–H and O–H groups in total. The highest BCUT2D eigenvalue weighted by Crippen LogP contribution is 2.27. The Balaban J connectivity index is 1.74. The average molecular weight is 348 g/mol. The largest absolute Gasteiger partial charge is 0.467 e. The van der Waals surface area contributed by atoms with Crippen LogP contribution in [0.1, 0.15) is 21.6 Å². The van der Waals surface area contributed by atoms with Gasteiger partial charge in [-0.05, 0) is 23.8 Å². The van der Waals surface area contributed by atoms with Crippen LogP contribution in [-0.4, -0.2) is 45.7 Å². The van der Waals surface area contributed by atoms with E-state index in [4.69, 9.17) is 10.1 Å². The van der Waals surface area contributed by atoms with Crippen molar-refractivity contribution in [2.75, 3.05) is 7.11 Å². The Morgan fingerprint density at radius 2 is 2.12 bits per heavy atom. The van der Waals surface area contributed by atoms with Crippen molar-refractivity contribution in [3.05, 3.63) is 65.6 Å². The lowest BCUT2D eigenvalue weighted by Gasteiger charge is -2.25. The van der Waals surface area contributed by atoms with Crippen LogP contribution in [0.2, 0.25) is 0 Å². The van der Waals surface area contributed by atoms with Crippen LogP contribution in [0.4, 0.5) is 0 Å². The van der Waals surface area contributed by atoms with E-state index in [0.29, 0.717) is 5.56 Å². The number of amides is 1. The van der Waals surface area contributed by atoms with E-state index in [0.717, 1.165) is 16.5 Å². The zero-order valence-electron chi connectivity index (χ0n) is 14.0. The monoisotopic (exact) mass is 348 g/mol.